The fourth-order valence-corrected chi connectivity index (χ4v) is 5.44. The van der Waals surface area contributed by atoms with E-state index >= 15 is 0 Å². The summed E-state index contributed by atoms with van der Waals surface area (Å²) in [4.78, 5) is 12.9. The lowest BCUT2D eigenvalue weighted by Crippen LogP contribution is -2.35. The van der Waals surface area contributed by atoms with Crippen molar-refractivity contribution < 1.29 is 13.2 Å². The van der Waals surface area contributed by atoms with Crippen LogP contribution in [0.3, 0.4) is 0 Å². The Bertz CT molecular complexity index is 1190. The highest BCUT2D eigenvalue weighted by molar-refractivity contribution is 7.89. The van der Waals surface area contributed by atoms with E-state index in [-0.39, 0.29) is 5.91 Å². The van der Waals surface area contributed by atoms with E-state index < -0.39 is 10.0 Å². The summed E-state index contributed by atoms with van der Waals surface area (Å²) < 4.78 is 27.3. The first-order valence-electron chi connectivity index (χ1n) is 10.7. The number of nitrogens with zero attached hydrogens (tertiary/aromatic N) is 1. The number of piperidine rings is 1. The first-order valence-corrected chi connectivity index (χ1v) is 12.5. The van der Waals surface area contributed by atoms with Crippen molar-refractivity contribution in [3.8, 4) is 11.1 Å². The molecule has 3 aromatic rings. The average molecular weight is 469 g/mol. The quantitative estimate of drug-likeness (QED) is 0.546. The molecule has 0 bridgehead atoms. The van der Waals surface area contributed by atoms with Crippen molar-refractivity contribution in [2.75, 3.05) is 13.1 Å². The Balaban J connectivity index is 1.46. The highest BCUT2D eigenvalue weighted by Crippen LogP contribution is 2.25. The maximum Gasteiger partial charge on any atom is 0.251 e. The van der Waals surface area contributed by atoms with Gasteiger partial charge in [-0.25, -0.2) is 8.42 Å². The molecule has 0 unspecified atom stereocenters. The van der Waals surface area contributed by atoms with E-state index in [0.29, 0.717) is 35.1 Å². The van der Waals surface area contributed by atoms with Crippen molar-refractivity contribution in [3.63, 3.8) is 0 Å². The third-order valence-electron chi connectivity index (χ3n) is 5.63. The lowest BCUT2D eigenvalue weighted by Gasteiger charge is -2.25. The van der Waals surface area contributed by atoms with Crippen molar-refractivity contribution >= 4 is 27.5 Å². The van der Waals surface area contributed by atoms with E-state index in [1.807, 2.05) is 30.3 Å². The summed E-state index contributed by atoms with van der Waals surface area (Å²) in [6.45, 7) is 1.57. The van der Waals surface area contributed by atoms with Gasteiger partial charge >= 0.3 is 0 Å². The van der Waals surface area contributed by atoms with Gasteiger partial charge in [-0.15, -0.1) is 0 Å². The lowest BCUT2D eigenvalue weighted by molar-refractivity contribution is 0.0951. The number of benzene rings is 3. The van der Waals surface area contributed by atoms with Gasteiger partial charge in [0.05, 0.1) is 4.90 Å². The molecule has 4 rings (SSSR count). The number of hydrogen-bond acceptors (Lipinski definition) is 3. The smallest absolute Gasteiger partial charge is 0.251 e. The number of carbonyl (C=O) groups is 1. The Labute approximate surface area is 194 Å². The minimum absolute atomic E-state index is 0.175. The minimum Gasteiger partial charge on any atom is -0.348 e. The Morgan fingerprint density at radius 2 is 1.56 bits per heavy atom. The maximum atomic E-state index is 12.9. The SMILES string of the molecule is O=C(NCc1ccc(Cl)cc1)c1cccc(-c2ccc(S(=O)(=O)N3CCCCC3)cc2)c1. The molecule has 32 heavy (non-hydrogen) atoms. The second-order valence-corrected chi connectivity index (χ2v) is 10.3. The third-order valence-corrected chi connectivity index (χ3v) is 7.80. The van der Waals surface area contributed by atoms with Crippen LogP contribution in [0, 0.1) is 0 Å². The van der Waals surface area contributed by atoms with Crippen LogP contribution in [0.4, 0.5) is 0 Å². The molecule has 0 saturated carbocycles. The molecule has 1 N–H and O–H groups in total. The van der Waals surface area contributed by atoms with Crippen molar-refractivity contribution in [2.45, 2.75) is 30.7 Å². The van der Waals surface area contributed by atoms with Gasteiger partial charge in [0.25, 0.3) is 5.91 Å². The van der Waals surface area contributed by atoms with Gasteiger partial charge < -0.3 is 5.32 Å². The van der Waals surface area contributed by atoms with Crippen LogP contribution in [0.15, 0.2) is 77.7 Å². The van der Waals surface area contributed by atoms with Gasteiger partial charge in [0.1, 0.15) is 0 Å². The van der Waals surface area contributed by atoms with Crippen LogP contribution in [0.1, 0.15) is 35.2 Å². The van der Waals surface area contributed by atoms with Crippen molar-refractivity contribution in [1.29, 1.82) is 0 Å². The summed E-state index contributed by atoms with van der Waals surface area (Å²) in [5, 5.41) is 3.57. The van der Waals surface area contributed by atoms with Gasteiger partial charge in [0, 0.05) is 30.2 Å². The van der Waals surface area contributed by atoms with Gasteiger partial charge in [0.15, 0.2) is 0 Å². The molecule has 1 fully saturated rings. The molecular weight excluding hydrogens is 444 g/mol. The van der Waals surface area contributed by atoms with Crippen LogP contribution >= 0.6 is 11.6 Å². The fraction of sp³-hybridized carbons (Fsp3) is 0.240. The van der Waals surface area contributed by atoms with Gasteiger partial charge in [0.2, 0.25) is 10.0 Å². The molecule has 7 heteroatoms. The second-order valence-electron chi connectivity index (χ2n) is 7.88. The van der Waals surface area contributed by atoms with Crippen LogP contribution in [0.25, 0.3) is 11.1 Å². The van der Waals surface area contributed by atoms with Crippen molar-refractivity contribution in [1.82, 2.24) is 9.62 Å². The van der Waals surface area contributed by atoms with Crippen LogP contribution in [-0.2, 0) is 16.6 Å². The molecule has 166 valence electrons. The zero-order chi connectivity index (χ0) is 22.6. The maximum absolute atomic E-state index is 12.9. The molecule has 0 spiro atoms. The van der Waals surface area contributed by atoms with Crippen LogP contribution in [0.2, 0.25) is 5.02 Å². The first kappa shape index (κ1) is 22.5. The van der Waals surface area contributed by atoms with E-state index in [0.717, 1.165) is 36.0 Å². The zero-order valence-electron chi connectivity index (χ0n) is 17.6. The Kier molecular flexibility index (Phi) is 6.94. The molecule has 1 heterocycles. The van der Waals surface area contributed by atoms with Gasteiger partial charge in [-0.3, -0.25) is 4.79 Å². The summed E-state index contributed by atoms with van der Waals surface area (Å²) >= 11 is 5.90. The predicted molar refractivity (Wildman–Crippen MR) is 127 cm³/mol. The Hall–Kier alpha value is -2.67. The first-order chi connectivity index (χ1) is 15.4. The molecule has 1 aliphatic heterocycles. The normalized spacial score (nSPS) is 14.8. The van der Waals surface area contributed by atoms with E-state index in [1.54, 1.807) is 46.8 Å². The number of carbonyl (C=O) groups excluding carboxylic acids is 1. The van der Waals surface area contributed by atoms with E-state index in [4.69, 9.17) is 11.6 Å². The summed E-state index contributed by atoms with van der Waals surface area (Å²) in [6.07, 6.45) is 2.89. The zero-order valence-corrected chi connectivity index (χ0v) is 19.2. The monoisotopic (exact) mass is 468 g/mol. The third kappa shape index (κ3) is 5.21. The summed E-state index contributed by atoms with van der Waals surface area (Å²) in [6, 6.07) is 21.5. The topological polar surface area (TPSA) is 66.5 Å². The van der Waals surface area contributed by atoms with Crippen LogP contribution in [0.5, 0.6) is 0 Å². The molecule has 1 aliphatic rings. The number of sulfonamides is 1. The van der Waals surface area contributed by atoms with E-state index in [2.05, 4.69) is 5.32 Å². The molecule has 0 radical (unpaired) electrons. The van der Waals surface area contributed by atoms with Crippen LogP contribution in [-0.4, -0.2) is 31.7 Å². The van der Waals surface area contributed by atoms with E-state index in [1.165, 1.54) is 0 Å². The Morgan fingerprint density at radius 1 is 0.875 bits per heavy atom. The molecule has 0 atom stereocenters. The van der Waals surface area contributed by atoms with Gasteiger partial charge in [-0.2, -0.15) is 4.31 Å². The number of hydrogen-bond donors (Lipinski definition) is 1. The van der Waals surface area contributed by atoms with Crippen molar-refractivity contribution in [2.24, 2.45) is 0 Å². The fourth-order valence-electron chi connectivity index (χ4n) is 3.80. The molecule has 1 amide bonds. The minimum atomic E-state index is -3.46. The standard InChI is InChI=1S/C25H25ClN2O3S/c26-23-11-7-19(8-12-23)18-27-25(29)22-6-4-5-21(17-22)20-9-13-24(14-10-20)32(30,31)28-15-2-1-3-16-28/h4-14,17H,1-3,15-16,18H2,(H,27,29). The largest absolute Gasteiger partial charge is 0.348 e. The van der Waals surface area contributed by atoms with Crippen molar-refractivity contribution in [3.05, 3.63) is 88.9 Å². The number of rotatable bonds is 6. The molecule has 5 nitrogen and oxygen atoms in total. The van der Waals surface area contributed by atoms with Gasteiger partial charge in [-0.05, 0) is 65.9 Å². The molecule has 0 aromatic heterocycles. The molecule has 1 saturated heterocycles. The van der Waals surface area contributed by atoms with Gasteiger partial charge in [-0.1, -0.05) is 54.4 Å². The lowest BCUT2D eigenvalue weighted by atomic mass is 10.0. The second kappa shape index (κ2) is 9.86. The van der Waals surface area contributed by atoms with E-state index in [9.17, 15) is 13.2 Å². The number of nitrogens with one attached hydrogen (secondary N) is 1. The summed E-state index contributed by atoms with van der Waals surface area (Å²) in [7, 11) is -3.46. The Morgan fingerprint density at radius 3 is 2.25 bits per heavy atom. The summed E-state index contributed by atoms with van der Waals surface area (Å²) in [5.74, 6) is -0.175. The average Bonchev–Trinajstić information content (AvgIpc) is 2.84. The molecule has 0 aliphatic carbocycles. The summed E-state index contributed by atoms with van der Waals surface area (Å²) in [5.41, 5.74) is 3.21. The van der Waals surface area contributed by atoms with Crippen LogP contribution < -0.4 is 5.32 Å². The number of halogens is 1. The highest BCUT2D eigenvalue weighted by atomic mass is 35.5. The molecular formula is C25H25ClN2O3S. The predicted octanol–water partition coefficient (Wildman–Crippen LogP) is 5.11. The number of amides is 1. The molecule has 3 aromatic carbocycles. The highest BCUT2D eigenvalue weighted by Gasteiger charge is 2.25.